The minimum absolute atomic E-state index is 0.0263. The fourth-order valence-corrected chi connectivity index (χ4v) is 2.35. The molecule has 2 N–H and O–H groups in total. The molecule has 0 aliphatic rings. The number of halogens is 2. The molecule has 0 aliphatic heterocycles. The molecule has 3 rings (SSSR count). The van der Waals surface area contributed by atoms with E-state index in [1.807, 2.05) is 24.3 Å². The zero-order chi connectivity index (χ0) is 15.7. The van der Waals surface area contributed by atoms with Crippen molar-refractivity contribution in [3.05, 3.63) is 59.5 Å². The Morgan fingerprint density at radius 3 is 2.55 bits per heavy atom. The summed E-state index contributed by atoms with van der Waals surface area (Å²) in [6, 6.07) is 11.8. The molecule has 112 valence electrons. The second kappa shape index (κ2) is 5.69. The van der Waals surface area contributed by atoms with E-state index in [0.29, 0.717) is 11.5 Å². The third kappa shape index (κ3) is 2.51. The highest BCUT2D eigenvalue weighted by Crippen LogP contribution is 2.29. The number of methoxy groups -OCH3 is 1. The van der Waals surface area contributed by atoms with Crippen LogP contribution in [-0.4, -0.2) is 16.9 Å². The Bertz CT molecular complexity index is 815. The van der Waals surface area contributed by atoms with E-state index in [0.717, 1.165) is 16.9 Å². The SMILES string of the molecule is COc1ccc(-c2cnn(-c3ccc(F)c(Cl)c3)c2N)cc1. The van der Waals surface area contributed by atoms with Crippen LogP contribution in [0, 0.1) is 5.82 Å². The average molecular weight is 318 g/mol. The van der Waals surface area contributed by atoms with Crippen LogP contribution in [0.5, 0.6) is 5.75 Å². The quantitative estimate of drug-likeness (QED) is 0.796. The van der Waals surface area contributed by atoms with Gasteiger partial charge in [-0.1, -0.05) is 23.7 Å². The summed E-state index contributed by atoms with van der Waals surface area (Å²) in [7, 11) is 1.61. The van der Waals surface area contributed by atoms with E-state index in [9.17, 15) is 4.39 Å². The van der Waals surface area contributed by atoms with Gasteiger partial charge in [0.2, 0.25) is 0 Å². The monoisotopic (exact) mass is 317 g/mol. The first-order valence-corrected chi connectivity index (χ1v) is 6.91. The maximum absolute atomic E-state index is 13.3. The van der Waals surface area contributed by atoms with Crippen LogP contribution in [0.1, 0.15) is 0 Å². The Morgan fingerprint density at radius 2 is 1.91 bits per heavy atom. The number of nitrogens with zero attached hydrogens (tertiary/aromatic N) is 2. The van der Waals surface area contributed by atoms with Crippen molar-refractivity contribution in [2.24, 2.45) is 0 Å². The minimum atomic E-state index is -0.480. The highest BCUT2D eigenvalue weighted by Gasteiger charge is 2.12. The molecule has 0 fully saturated rings. The van der Waals surface area contributed by atoms with Gasteiger partial charge in [-0.2, -0.15) is 5.10 Å². The van der Waals surface area contributed by atoms with Crippen molar-refractivity contribution in [1.82, 2.24) is 9.78 Å². The lowest BCUT2D eigenvalue weighted by molar-refractivity contribution is 0.415. The number of hydrogen-bond acceptors (Lipinski definition) is 3. The Balaban J connectivity index is 2.02. The molecule has 4 nitrogen and oxygen atoms in total. The third-order valence-electron chi connectivity index (χ3n) is 3.36. The Kier molecular flexibility index (Phi) is 3.73. The molecule has 1 heterocycles. The van der Waals surface area contributed by atoms with Crippen molar-refractivity contribution in [3.63, 3.8) is 0 Å². The summed E-state index contributed by atoms with van der Waals surface area (Å²) in [5.74, 6) is 0.736. The fraction of sp³-hybridized carbons (Fsp3) is 0.0625. The fourth-order valence-electron chi connectivity index (χ4n) is 2.17. The van der Waals surface area contributed by atoms with Crippen LogP contribution in [0.2, 0.25) is 5.02 Å². The molecule has 0 amide bonds. The first kappa shape index (κ1) is 14.4. The van der Waals surface area contributed by atoms with Gasteiger partial charge in [0, 0.05) is 5.56 Å². The van der Waals surface area contributed by atoms with Crippen LogP contribution in [0.3, 0.4) is 0 Å². The van der Waals surface area contributed by atoms with Crippen molar-refractivity contribution in [3.8, 4) is 22.6 Å². The van der Waals surface area contributed by atoms with Crippen LogP contribution >= 0.6 is 11.6 Å². The molecule has 6 heteroatoms. The predicted octanol–water partition coefficient (Wildman–Crippen LogP) is 3.92. The second-order valence-electron chi connectivity index (χ2n) is 4.68. The smallest absolute Gasteiger partial charge is 0.141 e. The summed E-state index contributed by atoms with van der Waals surface area (Å²) in [6.45, 7) is 0. The summed E-state index contributed by atoms with van der Waals surface area (Å²) in [5, 5.41) is 4.28. The summed E-state index contributed by atoms with van der Waals surface area (Å²) in [6.07, 6.45) is 1.66. The third-order valence-corrected chi connectivity index (χ3v) is 3.64. The van der Waals surface area contributed by atoms with E-state index in [1.165, 1.54) is 16.8 Å². The van der Waals surface area contributed by atoms with Crippen molar-refractivity contribution >= 4 is 17.4 Å². The van der Waals surface area contributed by atoms with E-state index < -0.39 is 5.82 Å². The lowest BCUT2D eigenvalue weighted by Gasteiger charge is -2.07. The summed E-state index contributed by atoms with van der Waals surface area (Å²) < 4.78 is 19.9. The van der Waals surface area contributed by atoms with E-state index in [-0.39, 0.29) is 5.02 Å². The van der Waals surface area contributed by atoms with Gasteiger partial charge in [0.15, 0.2) is 0 Å². The topological polar surface area (TPSA) is 53.1 Å². The van der Waals surface area contributed by atoms with Crippen molar-refractivity contribution in [2.75, 3.05) is 12.8 Å². The van der Waals surface area contributed by atoms with Crippen LogP contribution in [0.25, 0.3) is 16.8 Å². The largest absolute Gasteiger partial charge is 0.497 e. The molecular weight excluding hydrogens is 305 g/mol. The Morgan fingerprint density at radius 1 is 1.18 bits per heavy atom. The van der Waals surface area contributed by atoms with Crippen LogP contribution in [-0.2, 0) is 0 Å². The molecule has 2 aromatic carbocycles. The molecule has 22 heavy (non-hydrogen) atoms. The Hall–Kier alpha value is -2.53. The number of anilines is 1. The molecule has 3 aromatic rings. The molecule has 0 bridgehead atoms. The van der Waals surface area contributed by atoms with Gasteiger partial charge < -0.3 is 10.5 Å². The summed E-state index contributed by atoms with van der Waals surface area (Å²) >= 11 is 5.80. The van der Waals surface area contributed by atoms with E-state index in [2.05, 4.69) is 5.10 Å². The second-order valence-corrected chi connectivity index (χ2v) is 5.09. The number of nitrogens with two attached hydrogens (primary N) is 1. The molecule has 0 atom stereocenters. The normalized spacial score (nSPS) is 10.7. The van der Waals surface area contributed by atoms with Gasteiger partial charge in [-0.05, 0) is 35.9 Å². The highest BCUT2D eigenvalue weighted by atomic mass is 35.5. The van der Waals surface area contributed by atoms with Crippen molar-refractivity contribution in [1.29, 1.82) is 0 Å². The van der Waals surface area contributed by atoms with Gasteiger partial charge in [-0.15, -0.1) is 0 Å². The van der Waals surface area contributed by atoms with Crippen molar-refractivity contribution in [2.45, 2.75) is 0 Å². The minimum Gasteiger partial charge on any atom is -0.497 e. The lowest BCUT2D eigenvalue weighted by Crippen LogP contribution is -2.02. The average Bonchev–Trinajstić information content (AvgIpc) is 2.92. The van der Waals surface area contributed by atoms with Gasteiger partial charge >= 0.3 is 0 Å². The van der Waals surface area contributed by atoms with E-state index in [1.54, 1.807) is 19.4 Å². The van der Waals surface area contributed by atoms with Gasteiger partial charge in [0.1, 0.15) is 17.4 Å². The first-order valence-electron chi connectivity index (χ1n) is 6.53. The van der Waals surface area contributed by atoms with Crippen LogP contribution < -0.4 is 10.5 Å². The number of rotatable bonds is 3. The van der Waals surface area contributed by atoms with Gasteiger partial charge in [0.05, 0.1) is 24.0 Å². The lowest BCUT2D eigenvalue weighted by atomic mass is 10.1. The number of ether oxygens (including phenoxy) is 1. The van der Waals surface area contributed by atoms with Crippen LogP contribution in [0.15, 0.2) is 48.7 Å². The van der Waals surface area contributed by atoms with E-state index in [4.69, 9.17) is 22.1 Å². The maximum atomic E-state index is 13.3. The molecule has 1 aromatic heterocycles. The molecule has 0 radical (unpaired) electrons. The number of nitrogen functional groups attached to an aromatic ring is 1. The summed E-state index contributed by atoms with van der Waals surface area (Å²) in [5.41, 5.74) is 8.45. The Labute approximate surface area is 131 Å². The summed E-state index contributed by atoms with van der Waals surface area (Å²) in [4.78, 5) is 0. The zero-order valence-electron chi connectivity index (χ0n) is 11.8. The predicted molar refractivity (Wildman–Crippen MR) is 84.9 cm³/mol. The number of hydrogen-bond donors (Lipinski definition) is 1. The number of benzene rings is 2. The van der Waals surface area contributed by atoms with E-state index >= 15 is 0 Å². The highest BCUT2D eigenvalue weighted by molar-refractivity contribution is 6.30. The molecule has 0 aliphatic carbocycles. The van der Waals surface area contributed by atoms with Gasteiger partial charge in [-0.25, -0.2) is 9.07 Å². The standard InChI is InChI=1S/C16H13ClFN3O/c1-22-12-5-2-10(3-6-12)13-9-20-21(16(13)19)11-4-7-15(18)14(17)8-11/h2-9H,19H2,1H3. The molecule has 0 spiro atoms. The number of aromatic nitrogens is 2. The zero-order valence-corrected chi connectivity index (χ0v) is 12.5. The van der Waals surface area contributed by atoms with Crippen LogP contribution in [0.4, 0.5) is 10.2 Å². The van der Waals surface area contributed by atoms with Gasteiger partial charge in [-0.3, -0.25) is 0 Å². The molecular formula is C16H13ClFN3O. The maximum Gasteiger partial charge on any atom is 0.141 e. The molecule has 0 saturated heterocycles. The molecule has 0 unspecified atom stereocenters. The van der Waals surface area contributed by atoms with Crippen molar-refractivity contribution < 1.29 is 9.13 Å². The molecule has 0 saturated carbocycles. The first-order chi connectivity index (χ1) is 10.6. The van der Waals surface area contributed by atoms with Gasteiger partial charge in [0.25, 0.3) is 0 Å².